The summed E-state index contributed by atoms with van der Waals surface area (Å²) in [4.78, 5) is 0. The van der Waals surface area contributed by atoms with Crippen LogP contribution in [0.3, 0.4) is 0 Å². The van der Waals surface area contributed by atoms with E-state index in [2.05, 4.69) is 42.4 Å². The minimum absolute atomic E-state index is 0.136. The molecule has 0 aromatic rings. The van der Waals surface area contributed by atoms with Crippen LogP contribution >= 0.6 is 15.9 Å². The van der Waals surface area contributed by atoms with Crippen molar-refractivity contribution in [1.29, 1.82) is 5.26 Å². The van der Waals surface area contributed by atoms with E-state index in [1.807, 2.05) is 6.92 Å². The highest BCUT2D eigenvalue weighted by atomic mass is 79.9. The molecular weight excluding hydrogens is 346 g/mol. The molecule has 23 heavy (non-hydrogen) atoms. The predicted molar refractivity (Wildman–Crippen MR) is 107 cm³/mol. The molecule has 0 bridgehead atoms. The zero-order valence-electron chi connectivity index (χ0n) is 15.6. The third-order valence-corrected chi connectivity index (χ3v) is 5.23. The Balaban J connectivity index is 4.43. The van der Waals surface area contributed by atoms with Crippen LogP contribution in [-0.4, -0.2) is 0 Å². The summed E-state index contributed by atoms with van der Waals surface area (Å²) in [7, 11) is 0. The van der Waals surface area contributed by atoms with Gasteiger partial charge >= 0.3 is 0 Å². The number of allylic oxidation sites excluding steroid dienone is 3. The van der Waals surface area contributed by atoms with Gasteiger partial charge in [-0.15, -0.1) is 6.58 Å². The molecule has 0 spiro atoms. The minimum atomic E-state index is 0.136. The lowest BCUT2D eigenvalue weighted by molar-refractivity contribution is 0.567. The third kappa shape index (κ3) is 12.5. The van der Waals surface area contributed by atoms with Crippen molar-refractivity contribution in [3.63, 3.8) is 0 Å². The van der Waals surface area contributed by atoms with Crippen LogP contribution in [0.2, 0.25) is 0 Å². The topological polar surface area (TPSA) is 23.8 Å². The number of hydrogen-bond acceptors (Lipinski definition) is 1. The molecule has 0 amide bonds. The van der Waals surface area contributed by atoms with Gasteiger partial charge in [-0.05, 0) is 62.8 Å². The van der Waals surface area contributed by atoms with Crippen LogP contribution < -0.4 is 0 Å². The van der Waals surface area contributed by atoms with Gasteiger partial charge in [0.05, 0.1) is 12.0 Å². The summed E-state index contributed by atoms with van der Waals surface area (Å²) < 4.78 is 1.41. The molecule has 0 aliphatic heterocycles. The summed E-state index contributed by atoms with van der Waals surface area (Å²) in [6.45, 7) is 10.5. The quantitative estimate of drug-likeness (QED) is 0.220. The highest BCUT2D eigenvalue weighted by Gasteiger charge is 2.09. The summed E-state index contributed by atoms with van der Waals surface area (Å²) in [5.74, 6) is 0.136. The van der Waals surface area contributed by atoms with Crippen LogP contribution in [-0.2, 0) is 0 Å². The molecule has 1 nitrogen and oxygen atoms in total. The average Bonchev–Trinajstić information content (AvgIpc) is 2.52. The van der Waals surface area contributed by atoms with Crippen molar-refractivity contribution >= 4 is 15.9 Å². The molecule has 1 atom stereocenters. The molecule has 0 aromatic heterocycles. The SMILES string of the molecule is C=C(C)CC(C#N)CCCC(Br)=C(CCCCC)CCCCC. The van der Waals surface area contributed by atoms with Crippen molar-refractivity contribution in [3.8, 4) is 6.07 Å². The van der Waals surface area contributed by atoms with E-state index in [1.165, 1.54) is 55.8 Å². The fraction of sp³-hybridized carbons (Fsp3) is 0.762. The lowest BCUT2D eigenvalue weighted by Crippen LogP contribution is -1.98. The maximum atomic E-state index is 9.22. The van der Waals surface area contributed by atoms with E-state index in [-0.39, 0.29) is 5.92 Å². The Morgan fingerprint density at radius 3 is 2.00 bits per heavy atom. The molecule has 0 N–H and O–H groups in total. The van der Waals surface area contributed by atoms with Gasteiger partial charge < -0.3 is 0 Å². The molecule has 0 fully saturated rings. The monoisotopic (exact) mass is 381 g/mol. The highest BCUT2D eigenvalue weighted by Crippen LogP contribution is 2.28. The molecule has 0 heterocycles. The van der Waals surface area contributed by atoms with Crippen molar-refractivity contribution in [3.05, 3.63) is 22.2 Å². The van der Waals surface area contributed by atoms with E-state index >= 15 is 0 Å². The molecule has 0 saturated heterocycles. The number of unbranched alkanes of at least 4 members (excludes halogenated alkanes) is 4. The standard InChI is InChI=1S/C21H36BrN/c1-5-7-9-13-20(14-10-8-6-2)21(22)15-11-12-19(17-23)16-18(3)4/h19H,3,5-16H2,1-2,4H3. The molecule has 0 aliphatic carbocycles. The van der Waals surface area contributed by atoms with Crippen LogP contribution in [0.1, 0.15) is 97.8 Å². The highest BCUT2D eigenvalue weighted by molar-refractivity contribution is 9.11. The first kappa shape index (κ1) is 22.4. The van der Waals surface area contributed by atoms with Crippen molar-refractivity contribution in [2.75, 3.05) is 0 Å². The van der Waals surface area contributed by atoms with Crippen LogP contribution in [0, 0.1) is 17.2 Å². The smallest absolute Gasteiger partial charge is 0.0659 e. The van der Waals surface area contributed by atoms with Crippen molar-refractivity contribution < 1.29 is 0 Å². The molecule has 0 aliphatic rings. The van der Waals surface area contributed by atoms with Gasteiger partial charge in [0.25, 0.3) is 0 Å². The van der Waals surface area contributed by atoms with Gasteiger partial charge in [-0.25, -0.2) is 0 Å². The largest absolute Gasteiger partial charge is 0.198 e. The second kappa shape index (κ2) is 15.0. The minimum Gasteiger partial charge on any atom is -0.198 e. The molecule has 132 valence electrons. The van der Waals surface area contributed by atoms with Gasteiger partial charge in [-0.3, -0.25) is 0 Å². The van der Waals surface area contributed by atoms with Crippen molar-refractivity contribution in [2.24, 2.45) is 5.92 Å². The molecule has 0 radical (unpaired) electrons. The first-order chi connectivity index (χ1) is 11.0. The zero-order valence-corrected chi connectivity index (χ0v) is 17.2. The van der Waals surface area contributed by atoms with Gasteiger partial charge in [0.15, 0.2) is 0 Å². The summed E-state index contributed by atoms with van der Waals surface area (Å²) in [5.41, 5.74) is 2.74. The summed E-state index contributed by atoms with van der Waals surface area (Å²) in [6, 6.07) is 2.43. The Morgan fingerprint density at radius 1 is 1.00 bits per heavy atom. The van der Waals surface area contributed by atoms with E-state index < -0.39 is 0 Å². The molecule has 0 aromatic carbocycles. The Morgan fingerprint density at radius 2 is 1.57 bits per heavy atom. The van der Waals surface area contributed by atoms with Gasteiger partial charge in [0, 0.05) is 0 Å². The first-order valence-corrected chi connectivity index (χ1v) is 10.2. The average molecular weight is 382 g/mol. The van der Waals surface area contributed by atoms with E-state index in [4.69, 9.17) is 0 Å². The lowest BCUT2D eigenvalue weighted by atomic mass is 9.95. The number of halogens is 1. The lowest BCUT2D eigenvalue weighted by Gasteiger charge is -2.13. The summed E-state index contributed by atoms with van der Waals surface area (Å²) >= 11 is 3.85. The molecule has 0 saturated carbocycles. The Labute approximate surface area is 153 Å². The number of nitriles is 1. The Hall–Kier alpha value is -0.550. The maximum absolute atomic E-state index is 9.22. The number of hydrogen-bond donors (Lipinski definition) is 0. The van der Waals surface area contributed by atoms with Crippen molar-refractivity contribution in [1.82, 2.24) is 0 Å². The predicted octanol–water partition coefficient (Wildman–Crippen LogP) is 8.07. The van der Waals surface area contributed by atoms with E-state index in [9.17, 15) is 5.26 Å². The molecule has 2 heteroatoms. The fourth-order valence-electron chi connectivity index (χ4n) is 2.89. The second-order valence-corrected chi connectivity index (χ2v) is 7.76. The second-order valence-electron chi connectivity index (χ2n) is 6.80. The van der Waals surface area contributed by atoms with Gasteiger partial charge in [0.1, 0.15) is 0 Å². The van der Waals surface area contributed by atoms with E-state index in [0.29, 0.717) is 0 Å². The summed E-state index contributed by atoms with van der Waals surface area (Å²) in [6.07, 6.45) is 14.3. The molecule has 1 unspecified atom stereocenters. The Kier molecular flexibility index (Phi) is 14.6. The zero-order chi connectivity index (χ0) is 17.5. The van der Waals surface area contributed by atoms with E-state index in [0.717, 1.165) is 31.3 Å². The van der Waals surface area contributed by atoms with Gasteiger partial charge in [-0.1, -0.05) is 66.6 Å². The molecule has 0 rings (SSSR count). The first-order valence-electron chi connectivity index (χ1n) is 9.45. The fourth-order valence-corrected chi connectivity index (χ4v) is 3.56. The normalized spacial score (nSPS) is 11.8. The van der Waals surface area contributed by atoms with Crippen LogP contribution in [0.4, 0.5) is 0 Å². The van der Waals surface area contributed by atoms with Crippen LogP contribution in [0.25, 0.3) is 0 Å². The van der Waals surface area contributed by atoms with Gasteiger partial charge in [0.2, 0.25) is 0 Å². The molecular formula is C21H36BrN. The summed E-state index contributed by atoms with van der Waals surface area (Å²) in [5, 5.41) is 9.22. The van der Waals surface area contributed by atoms with Crippen LogP contribution in [0.15, 0.2) is 22.2 Å². The number of rotatable bonds is 14. The maximum Gasteiger partial charge on any atom is 0.0659 e. The van der Waals surface area contributed by atoms with E-state index in [1.54, 1.807) is 5.57 Å². The van der Waals surface area contributed by atoms with Crippen LogP contribution in [0.5, 0.6) is 0 Å². The van der Waals surface area contributed by atoms with Gasteiger partial charge in [-0.2, -0.15) is 5.26 Å². The number of nitrogens with zero attached hydrogens (tertiary/aromatic N) is 1. The Bertz CT molecular complexity index is 377. The van der Waals surface area contributed by atoms with Crippen molar-refractivity contribution in [2.45, 2.75) is 97.8 Å². The third-order valence-electron chi connectivity index (χ3n) is 4.27.